The average Bonchev–Trinajstić information content (AvgIpc) is 3.13. The van der Waals surface area contributed by atoms with Crippen LogP contribution < -0.4 is 10.6 Å². The van der Waals surface area contributed by atoms with Crippen LogP contribution in [-0.4, -0.2) is 55.3 Å². The Kier molecular flexibility index (Phi) is 7.35. The highest BCUT2D eigenvalue weighted by molar-refractivity contribution is 14.0. The number of halogens is 1. The molecule has 0 saturated carbocycles. The van der Waals surface area contributed by atoms with Crippen molar-refractivity contribution in [3.63, 3.8) is 0 Å². The summed E-state index contributed by atoms with van der Waals surface area (Å²) < 4.78 is 25.2. The molecular formula is C17H30IN5O2S. The van der Waals surface area contributed by atoms with Crippen molar-refractivity contribution in [2.45, 2.75) is 51.6 Å². The molecule has 1 aromatic rings. The first-order valence-corrected chi connectivity index (χ1v) is 10.9. The lowest BCUT2D eigenvalue weighted by molar-refractivity contribution is 0.495. The van der Waals surface area contributed by atoms with Crippen LogP contribution in [-0.2, 0) is 22.7 Å². The first kappa shape index (κ1) is 21.5. The Balaban J connectivity index is 0.00000243. The van der Waals surface area contributed by atoms with Crippen molar-refractivity contribution in [1.29, 1.82) is 0 Å². The van der Waals surface area contributed by atoms with Crippen LogP contribution in [0.3, 0.4) is 0 Å². The maximum absolute atomic E-state index is 11.6. The number of aryl methyl sites for hydroxylation is 1. The van der Waals surface area contributed by atoms with Crippen molar-refractivity contribution in [2.24, 2.45) is 10.9 Å². The number of hydrogen-bond donors (Lipinski definition) is 2. The maximum Gasteiger partial charge on any atom is 0.191 e. The van der Waals surface area contributed by atoms with Gasteiger partial charge in [0.2, 0.25) is 0 Å². The van der Waals surface area contributed by atoms with Crippen LogP contribution >= 0.6 is 24.0 Å². The normalized spacial score (nSPS) is 24.8. The second-order valence-electron chi connectivity index (χ2n) is 7.48. The summed E-state index contributed by atoms with van der Waals surface area (Å²) in [7, 11) is -1.07. The van der Waals surface area contributed by atoms with Gasteiger partial charge in [-0.05, 0) is 44.6 Å². The van der Waals surface area contributed by atoms with Gasteiger partial charge >= 0.3 is 0 Å². The molecule has 9 heteroatoms. The fourth-order valence-corrected chi connectivity index (χ4v) is 5.42. The molecule has 0 radical (unpaired) electrons. The minimum Gasteiger partial charge on any atom is -0.356 e. The van der Waals surface area contributed by atoms with Gasteiger partial charge < -0.3 is 10.6 Å². The van der Waals surface area contributed by atoms with E-state index in [1.165, 1.54) is 11.3 Å². The molecule has 0 aromatic carbocycles. The summed E-state index contributed by atoms with van der Waals surface area (Å²) in [5.74, 6) is 1.54. The van der Waals surface area contributed by atoms with E-state index in [0.29, 0.717) is 24.4 Å². The molecule has 2 unspecified atom stereocenters. The number of rotatable bonds is 4. The van der Waals surface area contributed by atoms with E-state index in [1.54, 1.807) is 7.05 Å². The highest BCUT2D eigenvalue weighted by atomic mass is 127. The molecule has 0 bridgehead atoms. The standard InChI is InChI=1S/C17H29N5O2S.HI/c1-12(2)22-10-14-4-5-15(8-16(14)21-22)20-17(18-3)19-9-13-6-7-25(23,24)11-13;/h10,12-13,15H,4-9,11H2,1-3H3,(H2,18,19,20);1H. The molecule has 148 valence electrons. The Bertz CT molecular complexity index is 744. The zero-order chi connectivity index (χ0) is 18.0. The van der Waals surface area contributed by atoms with Gasteiger partial charge in [-0.1, -0.05) is 0 Å². The van der Waals surface area contributed by atoms with Crippen molar-refractivity contribution < 1.29 is 8.42 Å². The molecule has 7 nitrogen and oxygen atoms in total. The summed E-state index contributed by atoms with van der Waals surface area (Å²) in [5, 5.41) is 11.5. The second kappa shape index (κ2) is 8.90. The zero-order valence-corrected chi connectivity index (χ0v) is 18.9. The predicted molar refractivity (Wildman–Crippen MR) is 115 cm³/mol. The van der Waals surface area contributed by atoms with E-state index < -0.39 is 9.84 Å². The van der Waals surface area contributed by atoms with E-state index in [1.807, 2.05) is 4.68 Å². The van der Waals surface area contributed by atoms with Gasteiger partial charge in [0.1, 0.15) is 0 Å². The topological polar surface area (TPSA) is 88.4 Å². The van der Waals surface area contributed by atoms with Crippen LogP contribution in [0.1, 0.15) is 44.0 Å². The number of nitrogens with zero attached hydrogens (tertiary/aromatic N) is 3. The third kappa shape index (κ3) is 5.34. The fourth-order valence-electron chi connectivity index (χ4n) is 3.56. The number of hydrogen-bond acceptors (Lipinski definition) is 4. The molecule has 1 fully saturated rings. The SMILES string of the molecule is CN=C(NCC1CCS(=O)(=O)C1)NC1CCc2cn(C(C)C)nc2C1.I. The minimum atomic E-state index is -2.83. The number of sulfone groups is 1. The molecule has 0 spiro atoms. The van der Waals surface area contributed by atoms with Crippen LogP contribution in [0.4, 0.5) is 0 Å². The molecule has 26 heavy (non-hydrogen) atoms. The highest BCUT2D eigenvalue weighted by Gasteiger charge is 2.28. The summed E-state index contributed by atoms with van der Waals surface area (Å²) >= 11 is 0. The van der Waals surface area contributed by atoms with E-state index in [-0.39, 0.29) is 35.6 Å². The Labute approximate surface area is 173 Å². The van der Waals surface area contributed by atoms with Crippen molar-refractivity contribution >= 4 is 39.8 Å². The fraction of sp³-hybridized carbons (Fsp3) is 0.765. The second-order valence-corrected chi connectivity index (χ2v) is 9.71. The van der Waals surface area contributed by atoms with Crippen LogP contribution in [0.25, 0.3) is 0 Å². The van der Waals surface area contributed by atoms with Gasteiger partial charge in [0, 0.05) is 38.3 Å². The lowest BCUT2D eigenvalue weighted by Crippen LogP contribution is -2.46. The third-order valence-electron chi connectivity index (χ3n) is 5.08. The summed E-state index contributed by atoms with van der Waals surface area (Å²) in [4.78, 5) is 4.29. The highest BCUT2D eigenvalue weighted by Crippen LogP contribution is 2.22. The van der Waals surface area contributed by atoms with Gasteiger partial charge in [-0.25, -0.2) is 8.42 Å². The Morgan fingerprint density at radius 1 is 1.42 bits per heavy atom. The first-order chi connectivity index (χ1) is 11.9. The molecule has 1 aliphatic carbocycles. The van der Waals surface area contributed by atoms with E-state index in [0.717, 1.165) is 31.6 Å². The summed E-state index contributed by atoms with van der Waals surface area (Å²) in [6.45, 7) is 4.94. The van der Waals surface area contributed by atoms with E-state index in [2.05, 4.69) is 35.7 Å². The Morgan fingerprint density at radius 2 is 2.19 bits per heavy atom. The van der Waals surface area contributed by atoms with Crippen molar-refractivity contribution in [2.75, 3.05) is 25.1 Å². The van der Waals surface area contributed by atoms with Gasteiger partial charge in [-0.2, -0.15) is 5.10 Å². The lowest BCUT2D eigenvalue weighted by Gasteiger charge is -2.25. The summed E-state index contributed by atoms with van der Waals surface area (Å²) in [6, 6.07) is 0.690. The van der Waals surface area contributed by atoms with Gasteiger partial charge in [-0.3, -0.25) is 9.67 Å². The molecule has 3 rings (SSSR count). The van der Waals surface area contributed by atoms with Gasteiger partial charge in [0.15, 0.2) is 15.8 Å². The van der Waals surface area contributed by atoms with Crippen molar-refractivity contribution in [3.05, 3.63) is 17.5 Å². The van der Waals surface area contributed by atoms with Crippen LogP contribution in [0.15, 0.2) is 11.2 Å². The monoisotopic (exact) mass is 495 g/mol. The van der Waals surface area contributed by atoms with Crippen LogP contribution in [0.2, 0.25) is 0 Å². The molecule has 1 aromatic heterocycles. The van der Waals surface area contributed by atoms with Gasteiger partial charge in [0.05, 0.1) is 17.2 Å². The maximum atomic E-state index is 11.6. The van der Waals surface area contributed by atoms with E-state index >= 15 is 0 Å². The summed E-state index contributed by atoms with van der Waals surface area (Å²) in [6.07, 6.45) is 5.88. The Morgan fingerprint density at radius 3 is 2.81 bits per heavy atom. The predicted octanol–water partition coefficient (Wildman–Crippen LogP) is 1.54. The zero-order valence-electron chi connectivity index (χ0n) is 15.7. The molecule has 0 amide bonds. The van der Waals surface area contributed by atoms with Crippen LogP contribution in [0, 0.1) is 5.92 Å². The number of fused-ring (bicyclic) bond motifs is 1. The molecule has 1 saturated heterocycles. The molecule has 2 heterocycles. The summed E-state index contributed by atoms with van der Waals surface area (Å²) in [5.41, 5.74) is 2.53. The third-order valence-corrected chi connectivity index (χ3v) is 6.91. The molecule has 2 aliphatic rings. The largest absolute Gasteiger partial charge is 0.356 e. The van der Waals surface area contributed by atoms with E-state index in [4.69, 9.17) is 5.10 Å². The molecule has 2 N–H and O–H groups in total. The average molecular weight is 495 g/mol. The number of guanidine groups is 1. The molecule has 1 aliphatic heterocycles. The quantitative estimate of drug-likeness (QED) is 0.376. The number of aromatic nitrogens is 2. The van der Waals surface area contributed by atoms with E-state index in [9.17, 15) is 8.42 Å². The van der Waals surface area contributed by atoms with Crippen molar-refractivity contribution in [1.82, 2.24) is 20.4 Å². The molecule has 2 atom stereocenters. The van der Waals surface area contributed by atoms with Crippen LogP contribution in [0.5, 0.6) is 0 Å². The van der Waals surface area contributed by atoms with Crippen molar-refractivity contribution in [3.8, 4) is 0 Å². The van der Waals surface area contributed by atoms with Gasteiger partial charge in [-0.15, -0.1) is 24.0 Å². The van der Waals surface area contributed by atoms with Gasteiger partial charge in [0.25, 0.3) is 0 Å². The first-order valence-electron chi connectivity index (χ1n) is 9.11. The number of aliphatic imine (C=N–C) groups is 1. The smallest absolute Gasteiger partial charge is 0.191 e. The molecular weight excluding hydrogens is 465 g/mol. The Hall–Kier alpha value is -0.840. The lowest BCUT2D eigenvalue weighted by atomic mass is 9.94. The minimum absolute atomic E-state index is 0. The number of nitrogens with one attached hydrogen (secondary N) is 2.